The van der Waals surface area contributed by atoms with Crippen molar-refractivity contribution in [3.8, 4) is 5.75 Å². The molecule has 0 bridgehead atoms. The molecular weight excluding hydrogens is 412 g/mol. The molecule has 162 valence electrons. The van der Waals surface area contributed by atoms with Gasteiger partial charge in [0.05, 0.1) is 12.9 Å². The minimum Gasteiger partial charge on any atom is -0.494 e. The van der Waals surface area contributed by atoms with E-state index in [4.69, 9.17) is 9.15 Å². The van der Waals surface area contributed by atoms with Crippen LogP contribution in [-0.2, 0) is 4.79 Å². The van der Waals surface area contributed by atoms with Crippen LogP contribution in [0.15, 0.2) is 64.6 Å². The first-order chi connectivity index (χ1) is 15.2. The standard InChI is InChI=1S/C24H26N2O4S/c1-2-29-19-11-5-10-18(16-19)26(24(28)20-12-6-14-30-20)22(21-13-7-15-31-21)23(27)25-17-8-3-4-9-17/h5-7,10-17,22H,2-4,8-9H2,1H3,(H,25,27)/t22-/m1/s1. The van der Waals surface area contributed by atoms with E-state index in [1.165, 1.54) is 22.5 Å². The van der Waals surface area contributed by atoms with E-state index in [1.54, 1.807) is 18.2 Å². The number of nitrogens with one attached hydrogen (secondary N) is 1. The molecule has 1 fully saturated rings. The Labute approximate surface area is 185 Å². The summed E-state index contributed by atoms with van der Waals surface area (Å²) < 4.78 is 11.1. The molecule has 0 spiro atoms. The summed E-state index contributed by atoms with van der Waals surface area (Å²) in [6.07, 6.45) is 5.62. The van der Waals surface area contributed by atoms with Crippen LogP contribution < -0.4 is 15.0 Å². The van der Waals surface area contributed by atoms with Crippen molar-refractivity contribution in [2.45, 2.75) is 44.7 Å². The van der Waals surface area contributed by atoms with Crippen LogP contribution in [0.25, 0.3) is 0 Å². The highest BCUT2D eigenvalue weighted by Gasteiger charge is 2.36. The van der Waals surface area contributed by atoms with E-state index in [9.17, 15) is 9.59 Å². The molecule has 2 heterocycles. The van der Waals surface area contributed by atoms with Crippen LogP contribution in [0.4, 0.5) is 5.69 Å². The highest BCUT2D eigenvalue weighted by Crippen LogP contribution is 2.34. The summed E-state index contributed by atoms with van der Waals surface area (Å²) in [5, 5.41) is 5.08. The molecule has 7 heteroatoms. The first-order valence-corrected chi connectivity index (χ1v) is 11.5. The van der Waals surface area contributed by atoms with E-state index in [0.717, 1.165) is 30.6 Å². The van der Waals surface area contributed by atoms with Crippen LogP contribution in [0.2, 0.25) is 0 Å². The Kier molecular flexibility index (Phi) is 6.72. The molecule has 1 N–H and O–H groups in total. The van der Waals surface area contributed by atoms with Gasteiger partial charge in [0.25, 0.3) is 5.91 Å². The lowest BCUT2D eigenvalue weighted by atomic mass is 10.1. The lowest BCUT2D eigenvalue weighted by Crippen LogP contribution is -2.46. The number of furan rings is 1. The number of nitrogens with zero attached hydrogens (tertiary/aromatic N) is 1. The van der Waals surface area contributed by atoms with E-state index in [2.05, 4.69) is 5.32 Å². The molecule has 1 atom stereocenters. The van der Waals surface area contributed by atoms with E-state index < -0.39 is 6.04 Å². The molecule has 0 radical (unpaired) electrons. The number of amides is 2. The summed E-state index contributed by atoms with van der Waals surface area (Å²) in [6.45, 7) is 2.41. The van der Waals surface area contributed by atoms with Crippen molar-refractivity contribution < 1.29 is 18.7 Å². The molecule has 2 amide bonds. The Morgan fingerprint density at radius 3 is 2.71 bits per heavy atom. The fraction of sp³-hybridized carbons (Fsp3) is 0.333. The van der Waals surface area contributed by atoms with Crippen molar-refractivity contribution in [1.29, 1.82) is 0 Å². The molecule has 1 aliphatic carbocycles. The van der Waals surface area contributed by atoms with Crippen molar-refractivity contribution >= 4 is 28.8 Å². The van der Waals surface area contributed by atoms with Crippen LogP contribution in [0.3, 0.4) is 0 Å². The second-order valence-corrected chi connectivity index (χ2v) is 8.47. The predicted molar refractivity (Wildman–Crippen MR) is 121 cm³/mol. The minimum atomic E-state index is -0.810. The number of rotatable bonds is 8. The smallest absolute Gasteiger partial charge is 0.295 e. The minimum absolute atomic E-state index is 0.144. The topological polar surface area (TPSA) is 71.8 Å². The Balaban J connectivity index is 1.77. The van der Waals surface area contributed by atoms with Gasteiger partial charge in [0.2, 0.25) is 5.91 Å². The third-order valence-corrected chi connectivity index (χ3v) is 6.30. The molecule has 2 aromatic heterocycles. The van der Waals surface area contributed by atoms with Crippen molar-refractivity contribution in [3.05, 3.63) is 70.8 Å². The number of hydrogen-bond donors (Lipinski definition) is 1. The van der Waals surface area contributed by atoms with Crippen molar-refractivity contribution in [1.82, 2.24) is 5.32 Å². The zero-order valence-electron chi connectivity index (χ0n) is 17.5. The average Bonchev–Trinajstić information content (AvgIpc) is 3.55. The van der Waals surface area contributed by atoms with Crippen LogP contribution >= 0.6 is 11.3 Å². The Bertz CT molecular complexity index is 995. The molecule has 0 unspecified atom stereocenters. The van der Waals surface area contributed by atoms with Gasteiger partial charge in [-0.2, -0.15) is 0 Å². The third-order valence-electron chi connectivity index (χ3n) is 5.38. The van der Waals surface area contributed by atoms with Crippen LogP contribution in [-0.4, -0.2) is 24.5 Å². The monoisotopic (exact) mass is 438 g/mol. The molecule has 0 aliphatic heterocycles. The first kappa shape index (κ1) is 21.2. The van der Waals surface area contributed by atoms with Crippen molar-refractivity contribution in [2.24, 2.45) is 0 Å². The highest BCUT2D eigenvalue weighted by molar-refractivity contribution is 7.10. The number of anilines is 1. The maximum atomic E-state index is 13.6. The van der Waals surface area contributed by atoms with Gasteiger partial charge < -0.3 is 14.5 Å². The summed E-state index contributed by atoms with van der Waals surface area (Å²) in [7, 11) is 0. The van der Waals surface area contributed by atoms with E-state index >= 15 is 0 Å². The number of hydrogen-bond acceptors (Lipinski definition) is 5. The Morgan fingerprint density at radius 2 is 2.03 bits per heavy atom. The van der Waals surface area contributed by atoms with E-state index in [-0.39, 0.29) is 23.6 Å². The van der Waals surface area contributed by atoms with Crippen LogP contribution in [0.1, 0.15) is 54.1 Å². The quantitative estimate of drug-likeness (QED) is 0.526. The molecular formula is C24H26N2O4S. The van der Waals surface area contributed by atoms with Gasteiger partial charge in [-0.1, -0.05) is 25.0 Å². The maximum absolute atomic E-state index is 13.6. The SMILES string of the molecule is CCOc1cccc(N(C(=O)c2ccco2)[C@@H](C(=O)NC2CCCC2)c2cccs2)c1. The summed E-state index contributed by atoms with van der Waals surface area (Å²) in [6, 6.07) is 13.6. The number of carbonyl (C=O) groups is 2. The zero-order chi connectivity index (χ0) is 21.6. The Hall–Kier alpha value is -3.06. The van der Waals surface area contributed by atoms with Crippen LogP contribution in [0, 0.1) is 0 Å². The second kappa shape index (κ2) is 9.83. The second-order valence-electron chi connectivity index (χ2n) is 7.49. The molecule has 0 saturated heterocycles. The van der Waals surface area contributed by atoms with Gasteiger partial charge in [0, 0.05) is 22.7 Å². The molecule has 6 nitrogen and oxygen atoms in total. The van der Waals surface area contributed by atoms with Gasteiger partial charge in [-0.3, -0.25) is 14.5 Å². The summed E-state index contributed by atoms with van der Waals surface area (Å²) in [5.74, 6) is 0.255. The van der Waals surface area contributed by atoms with E-state index in [0.29, 0.717) is 18.0 Å². The summed E-state index contributed by atoms with van der Waals surface area (Å²) in [5.41, 5.74) is 0.576. The fourth-order valence-electron chi connectivity index (χ4n) is 3.96. The predicted octanol–water partition coefficient (Wildman–Crippen LogP) is 5.19. The third kappa shape index (κ3) is 4.82. The number of benzene rings is 1. The lowest BCUT2D eigenvalue weighted by Gasteiger charge is -2.31. The fourth-order valence-corrected chi connectivity index (χ4v) is 4.78. The summed E-state index contributed by atoms with van der Waals surface area (Å²) in [4.78, 5) is 29.4. The molecule has 3 aromatic rings. The van der Waals surface area contributed by atoms with Gasteiger partial charge in [-0.25, -0.2) is 0 Å². The Morgan fingerprint density at radius 1 is 1.19 bits per heavy atom. The van der Waals surface area contributed by atoms with Crippen molar-refractivity contribution in [2.75, 3.05) is 11.5 Å². The van der Waals surface area contributed by atoms with Crippen LogP contribution in [0.5, 0.6) is 5.75 Å². The van der Waals surface area contributed by atoms with Gasteiger partial charge in [-0.05, 0) is 55.5 Å². The van der Waals surface area contributed by atoms with Gasteiger partial charge in [0.1, 0.15) is 5.75 Å². The number of thiophene rings is 1. The molecule has 1 aliphatic rings. The van der Waals surface area contributed by atoms with E-state index in [1.807, 2.05) is 42.6 Å². The molecule has 1 aromatic carbocycles. The first-order valence-electron chi connectivity index (χ1n) is 10.6. The van der Waals surface area contributed by atoms with Crippen molar-refractivity contribution in [3.63, 3.8) is 0 Å². The summed E-state index contributed by atoms with van der Waals surface area (Å²) >= 11 is 1.45. The zero-order valence-corrected chi connectivity index (χ0v) is 18.3. The maximum Gasteiger partial charge on any atom is 0.295 e. The molecule has 31 heavy (non-hydrogen) atoms. The molecule has 4 rings (SSSR count). The normalized spacial score (nSPS) is 14.9. The number of carbonyl (C=O) groups excluding carboxylic acids is 2. The number of ether oxygens (including phenoxy) is 1. The lowest BCUT2D eigenvalue weighted by molar-refractivity contribution is -0.123. The molecule has 1 saturated carbocycles. The highest BCUT2D eigenvalue weighted by atomic mass is 32.1. The van der Waals surface area contributed by atoms with Gasteiger partial charge in [-0.15, -0.1) is 11.3 Å². The van der Waals surface area contributed by atoms with Gasteiger partial charge in [0.15, 0.2) is 11.8 Å². The van der Waals surface area contributed by atoms with Gasteiger partial charge >= 0.3 is 0 Å². The average molecular weight is 439 g/mol. The largest absolute Gasteiger partial charge is 0.494 e.